The topological polar surface area (TPSA) is 85.4 Å². The van der Waals surface area contributed by atoms with Gasteiger partial charge in [0.1, 0.15) is 0 Å². The van der Waals surface area contributed by atoms with Crippen LogP contribution in [0.1, 0.15) is 25.3 Å². The number of carboxylic acid groups (broad SMARTS) is 1. The lowest BCUT2D eigenvalue weighted by Gasteiger charge is -2.47. The Hall–Kier alpha value is -2.12. The molecule has 0 aliphatic carbocycles. The summed E-state index contributed by atoms with van der Waals surface area (Å²) in [6.07, 6.45) is 3.77. The number of nitrogens with zero attached hydrogens (tertiary/aromatic N) is 4. The van der Waals surface area contributed by atoms with Crippen LogP contribution in [-0.4, -0.2) is 78.4 Å². The number of rotatable bonds is 5. The molecule has 1 aromatic carbocycles. The fourth-order valence-corrected chi connectivity index (χ4v) is 4.21. The highest BCUT2D eigenvalue weighted by Crippen LogP contribution is 2.24. The molecule has 0 saturated carbocycles. The minimum absolute atomic E-state index is 0.168. The lowest BCUT2D eigenvalue weighted by molar-refractivity contribution is -0.138. The monoisotopic (exact) mass is 359 g/mol. The van der Waals surface area contributed by atoms with Gasteiger partial charge in [-0.3, -0.25) is 14.6 Å². The summed E-state index contributed by atoms with van der Waals surface area (Å²) in [6, 6.07) is 9.40. The van der Waals surface area contributed by atoms with E-state index in [2.05, 4.69) is 34.0 Å². The number of likely N-dealkylation sites (tertiary alicyclic amines) is 1. The van der Waals surface area contributed by atoms with Crippen LogP contribution < -0.4 is 10.7 Å². The molecule has 0 aromatic heterocycles. The first-order valence-corrected chi connectivity index (χ1v) is 9.35. The van der Waals surface area contributed by atoms with Gasteiger partial charge in [0.05, 0.1) is 12.8 Å². The van der Waals surface area contributed by atoms with E-state index in [1.807, 2.05) is 17.0 Å². The fourth-order valence-electron chi connectivity index (χ4n) is 4.21. The lowest BCUT2D eigenvalue weighted by atomic mass is 9.99. The van der Waals surface area contributed by atoms with Crippen LogP contribution in [0, 0.1) is 0 Å². The number of piperidine rings is 1. The summed E-state index contributed by atoms with van der Waals surface area (Å²) in [5.74, 6) is 4.47. The Bertz CT molecular complexity index is 625. The Balaban J connectivity index is 1.53. The molecule has 0 bridgehead atoms. The Morgan fingerprint density at radius 2 is 1.92 bits per heavy atom. The largest absolute Gasteiger partial charge is 0.480 e. The highest BCUT2D eigenvalue weighted by Gasteiger charge is 2.32. The van der Waals surface area contributed by atoms with E-state index in [-0.39, 0.29) is 6.54 Å². The molecule has 2 aliphatic rings. The van der Waals surface area contributed by atoms with Crippen molar-refractivity contribution in [3.63, 3.8) is 0 Å². The van der Waals surface area contributed by atoms with Gasteiger partial charge in [0, 0.05) is 50.5 Å². The van der Waals surface area contributed by atoms with Crippen molar-refractivity contribution in [3.8, 4) is 0 Å². The van der Waals surface area contributed by atoms with Crippen molar-refractivity contribution in [2.24, 2.45) is 10.9 Å². The predicted molar refractivity (Wildman–Crippen MR) is 104 cm³/mol. The van der Waals surface area contributed by atoms with Crippen LogP contribution in [0.5, 0.6) is 0 Å². The van der Waals surface area contributed by atoms with Crippen molar-refractivity contribution in [1.29, 1.82) is 0 Å². The number of anilines is 1. The number of benzene rings is 1. The highest BCUT2D eigenvalue weighted by molar-refractivity contribution is 5.80. The molecule has 2 heterocycles. The maximum absolute atomic E-state index is 10.9. The smallest absolute Gasteiger partial charge is 0.317 e. The molecule has 2 fully saturated rings. The first-order valence-electron chi connectivity index (χ1n) is 9.35. The summed E-state index contributed by atoms with van der Waals surface area (Å²) in [4.78, 5) is 18.0. The average molecular weight is 359 g/mol. The van der Waals surface area contributed by atoms with E-state index in [4.69, 9.17) is 10.9 Å². The Labute approximate surface area is 155 Å². The van der Waals surface area contributed by atoms with E-state index in [1.165, 1.54) is 5.69 Å². The van der Waals surface area contributed by atoms with Gasteiger partial charge >= 0.3 is 5.97 Å². The number of carbonyl (C=O) groups is 1. The third kappa shape index (κ3) is 4.53. The van der Waals surface area contributed by atoms with Crippen LogP contribution >= 0.6 is 0 Å². The van der Waals surface area contributed by atoms with Gasteiger partial charge in [0.25, 0.3) is 0 Å². The van der Waals surface area contributed by atoms with Gasteiger partial charge in [0.2, 0.25) is 0 Å². The number of hydrogen-bond donors (Lipinski definition) is 2. The van der Waals surface area contributed by atoms with Crippen molar-refractivity contribution in [1.82, 2.24) is 9.80 Å². The number of hydrogen-bond acceptors (Lipinski definition) is 6. The highest BCUT2D eigenvalue weighted by atomic mass is 16.4. The van der Waals surface area contributed by atoms with E-state index in [0.717, 1.165) is 51.1 Å². The Morgan fingerprint density at radius 1 is 1.23 bits per heavy atom. The number of piperazine rings is 1. The maximum atomic E-state index is 10.9. The van der Waals surface area contributed by atoms with Crippen molar-refractivity contribution in [2.45, 2.75) is 31.8 Å². The molecule has 1 aromatic rings. The second-order valence-corrected chi connectivity index (χ2v) is 7.30. The lowest BCUT2D eigenvalue weighted by Crippen LogP contribution is -2.57. The summed E-state index contributed by atoms with van der Waals surface area (Å²) in [5.41, 5.74) is 2.25. The molecule has 0 radical (unpaired) electrons. The molecule has 7 heteroatoms. The summed E-state index contributed by atoms with van der Waals surface area (Å²) in [6.45, 7) is 7.31. The van der Waals surface area contributed by atoms with Crippen LogP contribution in [0.2, 0.25) is 0 Å². The van der Waals surface area contributed by atoms with Crippen molar-refractivity contribution in [3.05, 3.63) is 29.8 Å². The Kier molecular flexibility index (Phi) is 6.11. The van der Waals surface area contributed by atoms with Gasteiger partial charge < -0.3 is 15.8 Å². The first kappa shape index (κ1) is 18.7. The molecule has 3 N–H and O–H groups in total. The number of aliphatic carboxylic acids is 1. The van der Waals surface area contributed by atoms with Gasteiger partial charge in [-0.25, -0.2) is 0 Å². The van der Waals surface area contributed by atoms with E-state index >= 15 is 0 Å². The number of hydrazone groups is 1. The second-order valence-electron chi connectivity index (χ2n) is 7.30. The summed E-state index contributed by atoms with van der Waals surface area (Å²) in [7, 11) is 0. The van der Waals surface area contributed by atoms with E-state index in [9.17, 15) is 4.79 Å². The molecular weight excluding hydrogens is 330 g/mol. The van der Waals surface area contributed by atoms with E-state index in [1.54, 1.807) is 6.21 Å². The van der Waals surface area contributed by atoms with Crippen LogP contribution in [0.15, 0.2) is 29.4 Å². The summed E-state index contributed by atoms with van der Waals surface area (Å²) < 4.78 is 0. The molecule has 142 valence electrons. The second kappa shape index (κ2) is 8.51. The van der Waals surface area contributed by atoms with Crippen LogP contribution in [0.3, 0.4) is 0 Å². The SMILES string of the molecule is CC1CN(c2ccc(/C=N\N)cc2)CCN1C1CCN(CC(=O)O)CC1. The minimum Gasteiger partial charge on any atom is -0.480 e. The minimum atomic E-state index is -0.728. The van der Waals surface area contributed by atoms with Crippen LogP contribution in [0.4, 0.5) is 5.69 Å². The van der Waals surface area contributed by atoms with Crippen molar-refractivity contribution >= 4 is 17.9 Å². The number of carboxylic acids is 1. The quantitative estimate of drug-likeness (QED) is 0.464. The molecular formula is C19H29N5O2. The van der Waals surface area contributed by atoms with Gasteiger partial charge in [-0.05, 0) is 37.5 Å². The Morgan fingerprint density at radius 3 is 2.50 bits per heavy atom. The fraction of sp³-hybridized carbons (Fsp3) is 0.579. The molecule has 2 aliphatic heterocycles. The molecule has 3 rings (SSSR count). The average Bonchev–Trinajstić information content (AvgIpc) is 2.63. The number of nitrogens with two attached hydrogens (primary N) is 1. The van der Waals surface area contributed by atoms with Gasteiger partial charge in [-0.15, -0.1) is 0 Å². The van der Waals surface area contributed by atoms with Crippen molar-refractivity contribution < 1.29 is 9.90 Å². The van der Waals surface area contributed by atoms with Gasteiger partial charge in [0.15, 0.2) is 0 Å². The van der Waals surface area contributed by atoms with Gasteiger partial charge in [-0.2, -0.15) is 5.10 Å². The molecule has 2 saturated heterocycles. The standard InChI is InChI=1S/C19H29N5O2/c1-15-13-23(17-4-2-16(3-5-17)12-21-20)10-11-24(15)18-6-8-22(9-7-18)14-19(25)26/h2-5,12,15,18H,6-11,13-14,20H2,1H3,(H,25,26)/b21-12-. The summed E-state index contributed by atoms with van der Waals surface area (Å²) >= 11 is 0. The zero-order valence-corrected chi connectivity index (χ0v) is 15.4. The van der Waals surface area contributed by atoms with E-state index < -0.39 is 5.97 Å². The van der Waals surface area contributed by atoms with Crippen LogP contribution in [0.25, 0.3) is 0 Å². The molecule has 7 nitrogen and oxygen atoms in total. The predicted octanol–water partition coefficient (Wildman–Crippen LogP) is 1.04. The molecule has 1 unspecified atom stereocenters. The van der Waals surface area contributed by atoms with E-state index in [0.29, 0.717) is 12.1 Å². The third-order valence-corrected chi connectivity index (χ3v) is 5.55. The van der Waals surface area contributed by atoms with Crippen LogP contribution in [-0.2, 0) is 4.79 Å². The molecule has 26 heavy (non-hydrogen) atoms. The zero-order chi connectivity index (χ0) is 18.5. The summed E-state index contributed by atoms with van der Waals surface area (Å²) in [5, 5.41) is 12.5. The molecule has 0 spiro atoms. The molecule has 1 atom stereocenters. The first-order chi connectivity index (χ1) is 12.6. The van der Waals surface area contributed by atoms with Gasteiger partial charge in [-0.1, -0.05) is 12.1 Å². The molecule has 0 amide bonds. The normalized spacial score (nSPS) is 23.6. The zero-order valence-electron chi connectivity index (χ0n) is 15.4. The third-order valence-electron chi connectivity index (χ3n) is 5.55. The maximum Gasteiger partial charge on any atom is 0.317 e. The van der Waals surface area contributed by atoms with Crippen molar-refractivity contribution in [2.75, 3.05) is 44.2 Å².